The van der Waals surface area contributed by atoms with Gasteiger partial charge in [0.2, 0.25) is 0 Å². The number of rotatable bonds is 6. The number of urea groups is 1. The lowest BCUT2D eigenvalue weighted by molar-refractivity contribution is -0.135. The summed E-state index contributed by atoms with van der Waals surface area (Å²) in [5, 5.41) is 14.7. The van der Waals surface area contributed by atoms with Gasteiger partial charge in [0.25, 0.3) is 0 Å². The Bertz CT molecular complexity index is 323. The molecule has 0 aromatic rings. The van der Waals surface area contributed by atoms with Crippen molar-refractivity contribution in [2.75, 3.05) is 13.2 Å². The highest BCUT2D eigenvalue weighted by atomic mass is 19.4. The first-order valence-corrected chi connectivity index (χ1v) is 6.99. The average molecular weight is 296 g/mol. The summed E-state index contributed by atoms with van der Waals surface area (Å²) in [6.07, 6.45) is -2.00. The van der Waals surface area contributed by atoms with Gasteiger partial charge >= 0.3 is 12.2 Å². The SMILES string of the molecule is CC1(CO)CCCC1NC(=O)NCCCCC(F)(F)F. The molecule has 1 rings (SSSR count). The molecular formula is C13H23F3N2O2. The van der Waals surface area contributed by atoms with Crippen LogP contribution in [0, 0.1) is 5.41 Å². The van der Waals surface area contributed by atoms with Crippen LogP contribution in [0.4, 0.5) is 18.0 Å². The zero-order valence-electron chi connectivity index (χ0n) is 11.7. The minimum Gasteiger partial charge on any atom is -0.396 e. The molecule has 0 aromatic carbocycles. The first-order valence-electron chi connectivity index (χ1n) is 6.99. The van der Waals surface area contributed by atoms with Gasteiger partial charge in [-0.05, 0) is 25.7 Å². The van der Waals surface area contributed by atoms with Crippen molar-refractivity contribution >= 4 is 6.03 Å². The maximum Gasteiger partial charge on any atom is 0.389 e. The molecule has 1 aliphatic carbocycles. The van der Waals surface area contributed by atoms with E-state index in [4.69, 9.17) is 0 Å². The highest BCUT2D eigenvalue weighted by Crippen LogP contribution is 2.37. The number of unbranched alkanes of at least 4 members (excludes halogenated alkanes) is 1. The number of hydrogen-bond donors (Lipinski definition) is 3. The number of halogens is 3. The van der Waals surface area contributed by atoms with Crippen LogP contribution in [0.1, 0.15) is 45.4 Å². The summed E-state index contributed by atoms with van der Waals surface area (Å²) >= 11 is 0. The largest absolute Gasteiger partial charge is 0.396 e. The highest BCUT2D eigenvalue weighted by Gasteiger charge is 2.39. The number of hydrogen-bond acceptors (Lipinski definition) is 2. The van der Waals surface area contributed by atoms with E-state index in [2.05, 4.69) is 10.6 Å². The fraction of sp³-hybridized carbons (Fsp3) is 0.923. The Morgan fingerprint density at radius 3 is 2.70 bits per heavy atom. The normalized spacial score (nSPS) is 26.6. The second kappa shape index (κ2) is 7.15. The van der Waals surface area contributed by atoms with Crippen molar-refractivity contribution in [3.05, 3.63) is 0 Å². The number of aliphatic hydroxyl groups is 1. The zero-order valence-corrected chi connectivity index (χ0v) is 11.7. The molecule has 20 heavy (non-hydrogen) atoms. The molecule has 4 nitrogen and oxygen atoms in total. The lowest BCUT2D eigenvalue weighted by Crippen LogP contribution is -2.48. The van der Waals surface area contributed by atoms with Crippen LogP contribution in [0.2, 0.25) is 0 Å². The third-order valence-electron chi connectivity index (χ3n) is 3.92. The van der Waals surface area contributed by atoms with Gasteiger partial charge in [0, 0.05) is 24.4 Å². The number of nitrogens with one attached hydrogen (secondary N) is 2. The highest BCUT2D eigenvalue weighted by molar-refractivity contribution is 5.74. The second-order valence-electron chi connectivity index (χ2n) is 5.73. The molecular weight excluding hydrogens is 273 g/mol. The quantitative estimate of drug-likeness (QED) is 0.660. The van der Waals surface area contributed by atoms with Crippen LogP contribution in [-0.2, 0) is 0 Å². The van der Waals surface area contributed by atoms with Crippen molar-refractivity contribution in [2.45, 2.75) is 57.7 Å². The summed E-state index contributed by atoms with van der Waals surface area (Å²) in [4.78, 5) is 11.6. The molecule has 0 aliphatic heterocycles. The minimum absolute atomic E-state index is 0.0154. The van der Waals surface area contributed by atoms with Gasteiger partial charge in [-0.2, -0.15) is 13.2 Å². The number of carbonyl (C=O) groups is 1. The Kier molecular flexibility index (Phi) is 6.10. The summed E-state index contributed by atoms with van der Waals surface area (Å²) < 4.78 is 35.7. The van der Waals surface area contributed by atoms with Gasteiger partial charge < -0.3 is 15.7 Å². The Labute approximate surface area is 117 Å². The molecule has 2 amide bonds. The lowest BCUT2D eigenvalue weighted by Gasteiger charge is -2.30. The van der Waals surface area contributed by atoms with Crippen LogP contribution in [0.25, 0.3) is 0 Å². The number of aliphatic hydroxyl groups excluding tert-OH is 1. The summed E-state index contributed by atoms with van der Waals surface area (Å²) in [6.45, 7) is 2.17. The second-order valence-corrected chi connectivity index (χ2v) is 5.73. The van der Waals surface area contributed by atoms with E-state index in [0.717, 1.165) is 19.3 Å². The van der Waals surface area contributed by atoms with E-state index >= 15 is 0 Å². The van der Waals surface area contributed by atoms with Crippen LogP contribution in [0.15, 0.2) is 0 Å². The van der Waals surface area contributed by atoms with Gasteiger partial charge in [0.1, 0.15) is 0 Å². The summed E-state index contributed by atoms with van der Waals surface area (Å²) in [5.74, 6) is 0. The van der Waals surface area contributed by atoms with E-state index < -0.39 is 12.6 Å². The molecule has 0 spiro atoms. The number of carbonyl (C=O) groups excluding carboxylic acids is 1. The zero-order chi connectivity index (χ0) is 15.2. The molecule has 0 bridgehead atoms. The molecule has 2 unspecified atom stereocenters. The average Bonchev–Trinajstić information content (AvgIpc) is 2.70. The fourth-order valence-corrected chi connectivity index (χ4v) is 2.53. The Hall–Kier alpha value is -0.980. The molecule has 118 valence electrons. The minimum atomic E-state index is -4.13. The molecule has 0 radical (unpaired) electrons. The van der Waals surface area contributed by atoms with Crippen molar-refractivity contribution in [2.24, 2.45) is 5.41 Å². The van der Waals surface area contributed by atoms with Crippen LogP contribution in [0.3, 0.4) is 0 Å². The van der Waals surface area contributed by atoms with Crippen molar-refractivity contribution < 1.29 is 23.1 Å². The molecule has 3 N–H and O–H groups in total. The first kappa shape index (κ1) is 17.1. The van der Waals surface area contributed by atoms with Gasteiger partial charge in [-0.25, -0.2) is 4.79 Å². The van der Waals surface area contributed by atoms with Crippen molar-refractivity contribution in [1.82, 2.24) is 10.6 Å². The Morgan fingerprint density at radius 2 is 2.10 bits per heavy atom. The molecule has 0 heterocycles. The van der Waals surface area contributed by atoms with Crippen molar-refractivity contribution in [3.8, 4) is 0 Å². The Balaban J connectivity index is 2.18. The lowest BCUT2D eigenvalue weighted by atomic mass is 9.86. The van der Waals surface area contributed by atoms with E-state index in [9.17, 15) is 23.1 Å². The molecule has 1 fully saturated rings. The van der Waals surface area contributed by atoms with Crippen molar-refractivity contribution in [1.29, 1.82) is 0 Å². The van der Waals surface area contributed by atoms with Crippen LogP contribution < -0.4 is 10.6 Å². The monoisotopic (exact) mass is 296 g/mol. The van der Waals surface area contributed by atoms with Crippen molar-refractivity contribution in [3.63, 3.8) is 0 Å². The third-order valence-corrected chi connectivity index (χ3v) is 3.92. The van der Waals surface area contributed by atoms with E-state index in [1.165, 1.54) is 0 Å². The molecule has 0 saturated heterocycles. The number of alkyl halides is 3. The predicted molar refractivity (Wildman–Crippen MR) is 69.3 cm³/mol. The number of amides is 2. The van der Waals surface area contributed by atoms with Gasteiger partial charge in [-0.1, -0.05) is 13.3 Å². The summed E-state index contributed by atoms with van der Waals surface area (Å²) in [6, 6.07) is -0.453. The van der Waals surface area contributed by atoms with Gasteiger partial charge in [-0.15, -0.1) is 0 Å². The topological polar surface area (TPSA) is 61.4 Å². The maximum absolute atomic E-state index is 11.9. The Morgan fingerprint density at radius 1 is 1.40 bits per heavy atom. The first-order chi connectivity index (χ1) is 9.27. The predicted octanol–water partition coefficient (Wildman–Crippen LogP) is 2.57. The maximum atomic E-state index is 11.9. The third kappa shape index (κ3) is 5.56. The van der Waals surface area contributed by atoms with E-state index in [0.29, 0.717) is 6.42 Å². The summed E-state index contributed by atoms with van der Waals surface area (Å²) in [5.41, 5.74) is -0.298. The molecule has 2 atom stereocenters. The fourth-order valence-electron chi connectivity index (χ4n) is 2.53. The molecule has 0 aromatic heterocycles. The van der Waals surface area contributed by atoms with Crippen LogP contribution in [-0.4, -0.2) is 36.5 Å². The van der Waals surface area contributed by atoms with Crippen LogP contribution >= 0.6 is 0 Å². The van der Waals surface area contributed by atoms with E-state index in [1.807, 2.05) is 6.92 Å². The molecule has 1 aliphatic rings. The van der Waals surface area contributed by atoms with E-state index in [-0.39, 0.29) is 37.1 Å². The van der Waals surface area contributed by atoms with Gasteiger partial charge in [0.15, 0.2) is 0 Å². The summed E-state index contributed by atoms with van der Waals surface area (Å²) in [7, 11) is 0. The smallest absolute Gasteiger partial charge is 0.389 e. The molecule has 1 saturated carbocycles. The van der Waals surface area contributed by atoms with Gasteiger partial charge in [0.05, 0.1) is 6.61 Å². The standard InChI is InChI=1S/C13H23F3N2O2/c1-12(9-19)6-4-5-10(12)18-11(20)17-8-3-2-7-13(14,15)16/h10,19H,2-9H2,1H3,(H2,17,18,20). The van der Waals surface area contributed by atoms with Crippen LogP contribution in [0.5, 0.6) is 0 Å². The molecule has 7 heteroatoms. The van der Waals surface area contributed by atoms with E-state index in [1.54, 1.807) is 0 Å². The van der Waals surface area contributed by atoms with Gasteiger partial charge in [-0.3, -0.25) is 0 Å².